The van der Waals surface area contributed by atoms with Gasteiger partial charge in [0.15, 0.2) is 0 Å². The Balaban J connectivity index is 2.04. The third kappa shape index (κ3) is 3.31. The first-order valence-corrected chi connectivity index (χ1v) is 6.25. The Labute approximate surface area is 113 Å². The van der Waals surface area contributed by atoms with Crippen LogP contribution in [0.15, 0.2) is 46.9 Å². The monoisotopic (exact) mass is 310 g/mol. The molecule has 0 amide bonds. The SMILES string of the molecule is OCc1ccc(OCc2cc(Br)ccc2F)cc1. The summed E-state index contributed by atoms with van der Waals surface area (Å²) in [6.45, 7) is 0.171. The highest BCUT2D eigenvalue weighted by Gasteiger charge is 2.04. The van der Waals surface area contributed by atoms with Crippen LogP contribution in [0.3, 0.4) is 0 Å². The average molecular weight is 311 g/mol. The van der Waals surface area contributed by atoms with Gasteiger partial charge in [0.2, 0.25) is 0 Å². The number of aliphatic hydroxyl groups is 1. The molecule has 0 aromatic heterocycles. The number of halogens is 2. The summed E-state index contributed by atoms with van der Waals surface area (Å²) >= 11 is 3.29. The highest BCUT2D eigenvalue weighted by molar-refractivity contribution is 9.10. The number of rotatable bonds is 4. The molecule has 2 aromatic rings. The van der Waals surface area contributed by atoms with Gasteiger partial charge in [-0.2, -0.15) is 0 Å². The maximum absolute atomic E-state index is 13.5. The zero-order valence-electron chi connectivity index (χ0n) is 9.57. The minimum absolute atomic E-state index is 0.000536. The van der Waals surface area contributed by atoms with Gasteiger partial charge in [0.25, 0.3) is 0 Å². The van der Waals surface area contributed by atoms with Crippen LogP contribution in [-0.2, 0) is 13.2 Å². The van der Waals surface area contributed by atoms with E-state index in [0.717, 1.165) is 10.0 Å². The summed E-state index contributed by atoms with van der Waals surface area (Å²) in [6.07, 6.45) is 0. The first-order chi connectivity index (χ1) is 8.69. The van der Waals surface area contributed by atoms with Crippen LogP contribution in [0.25, 0.3) is 0 Å². The smallest absolute Gasteiger partial charge is 0.129 e. The van der Waals surface area contributed by atoms with E-state index in [-0.39, 0.29) is 19.0 Å². The predicted molar refractivity (Wildman–Crippen MR) is 70.8 cm³/mol. The molecule has 0 unspecified atom stereocenters. The van der Waals surface area contributed by atoms with Crippen molar-refractivity contribution < 1.29 is 14.2 Å². The minimum atomic E-state index is -0.287. The molecule has 0 radical (unpaired) electrons. The second-order valence-corrected chi connectivity index (χ2v) is 4.74. The molecule has 0 saturated carbocycles. The van der Waals surface area contributed by atoms with Gasteiger partial charge in [-0.25, -0.2) is 4.39 Å². The van der Waals surface area contributed by atoms with E-state index in [9.17, 15) is 4.39 Å². The van der Waals surface area contributed by atoms with E-state index >= 15 is 0 Å². The largest absolute Gasteiger partial charge is 0.489 e. The van der Waals surface area contributed by atoms with Crippen LogP contribution < -0.4 is 4.74 Å². The Bertz CT molecular complexity index is 526. The van der Waals surface area contributed by atoms with Crippen molar-refractivity contribution in [2.75, 3.05) is 0 Å². The fourth-order valence-corrected chi connectivity index (χ4v) is 1.91. The lowest BCUT2D eigenvalue weighted by atomic mass is 10.2. The molecule has 2 rings (SSSR count). The van der Waals surface area contributed by atoms with Crippen LogP contribution in [0.4, 0.5) is 4.39 Å². The highest BCUT2D eigenvalue weighted by atomic mass is 79.9. The molecule has 2 nitrogen and oxygen atoms in total. The molecule has 0 atom stereocenters. The van der Waals surface area contributed by atoms with Crippen molar-refractivity contribution in [2.24, 2.45) is 0 Å². The van der Waals surface area contributed by atoms with Crippen molar-refractivity contribution in [3.05, 3.63) is 63.9 Å². The molecule has 94 valence electrons. The lowest BCUT2D eigenvalue weighted by Gasteiger charge is -2.08. The minimum Gasteiger partial charge on any atom is -0.489 e. The highest BCUT2D eigenvalue weighted by Crippen LogP contribution is 2.18. The van der Waals surface area contributed by atoms with Crippen LogP contribution in [0.1, 0.15) is 11.1 Å². The summed E-state index contributed by atoms with van der Waals surface area (Å²) in [6, 6.07) is 11.8. The molecule has 0 spiro atoms. The molecular weight excluding hydrogens is 299 g/mol. The van der Waals surface area contributed by atoms with E-state index in [0.29, 0.717) is 11.3 Å². The Morgan fingerprint density at radius 2 is 1.83 bits per heavy atom. The van der Waals surface area contributed by atoms with Gasteiger partial charge in [-0.05, 0) is 35.9 Å². The molecule has 2 aromatic carbocycles. The standard InChI is InChI=1S/C14H12BrFO2/c15-12-3-6-14(16)11(7-12)9-18-13-4-1-10(8-17)2-5-13/h1-7,17H,8-9H2. The van der Waals surface area contributed by atoms with Gasteiger partial charge in [0.05, 0.1) is 6.61 Å². The first kappa shape index (κ1) is 13.1. The van der Waals surface area contributed by atoms with Crippen molar-refractivity contribution >= 4 is 15.9 Å². The Morgan fingerprint density at radius 1 is 1.11 bits per heavy atom. The van der Waals surface area contributed by atoms with E-state index in [1.807, 2.05) is 0 Å². The summed E-state index contributed by atoms with van der Waals surface area (Å²) in [7, 11) is 0. The van der Waals surface area contributed by atoms with E-state index in [1.54, 1.807) is 36.4 Å². The molecule has 0 fully saturated rings. The van der Waals surface area contributed by atoms with E-state index in [4.69, 9.17) is 9.84 Å². The van der Waals surface area contributed by atoms with Crippen molar-refractivity contribution in [3.63, 3.8) is 0 Å². The molecule has 0 heterocycles. The quantitative estimate of drug-likeness (QED) is 0.934. The number of aliphatic hydroxyl groups excluding tert-OH is 1. The van der Waals surface area contributed by atoms with E-state index in [2.05, 4.69) is 15.9 Å². The van der Waals surface area contributed by atoms with Crippen molar-refractivity contribution in [1.29, 1.82) is 0 Å². The zero-order chi connectivity index (χ0) is 13.0. The van der Waals surface area contributed by atoms with Gasteiger partial charge in [-0.15, -0.1) is 0 Å². The molecule has 0 bridgehead atoms. The van der Waals surface area contributed by atoms with Crippen molar-refractivity contribution in [1.82, 2.24) is 0 Å². The van der Waals surface area contributed by atoms with Crippen molar-refractivity contribution in [2.45, 2.75) is 13.2 Å². The third-order valence-corrected chi connectivity index (χ3v) is 3.00. The van der Waals surface area contributed by atoms with Gasteiger partial charge < -0.3 is 9.84 Å². The predicted octanol–water partition coefficient (Wildman–Crippen LogP) is 3.66. The molecule has 1 N–H and O–H groups in total. The Kier molecular flexibility index (Phi) is 4.33. The fourth-order valence-electron chi connectivity index (χ4n) is 1.51. The van der Waals surface area contributed by atoms with Gasteiger partial charge in [0, 0.05) is 10.0 Å². The number of ether oxygens (including phenoxy) is 1. The lowest BCUT2D eigenvalue weighted by Crippen LogP contribution is -1.98. The summed E-state index contributed by atoms with van der Waals surface area (Å²) in [5.41, 5.74) is 1.31. The molecule has 0 aliphatic rings. The zero-order valence-corrected chi connectivity index (χ0v) is 11.2. The summed E-state index contributed by atoms with van der Waals surface area (Å²) in [4.78, 5) is 0. The average Bonchev–Trinajstić information content (AvgIpc) is 2.40. The maximum Gasteiger partial charge on any atom is 0.129 e. The summed E-state index contributed by atoms with van der Waals surface area (Å²) < 4.78 is 19.8. The second-order valence-electron chi connectivity index (χ2n) is 3.83. The normalized spacial score (nSPS) is 10.4. The maximum atomic E-state index is 13.5. The molecule has 4 heteroatoms. The first-order valence-electron chi connectivity index (χ1n) is 5.45. The van der Waals surface area contributed by atoms with Crippen LogP contribution >= 0.6 is 15.9 Å². The number of hydrogen-bond acceptors (Lipinski definition) is 2. The second kappa shape index (κ2) is 5.98. The van der Waals surface area contributed by atoms with Gasteiger partial charge in [0.1, 0.15) is 18.2 Å². The fraction of sp³-hybridized carbons (Fsp3) is 0.143. The van der Waals surface area contributed by atoms with Crippen LogP contribution in [-0.4, -0.2) is 5.11 Å². The Morgan fingerprint density at radius 3 is 2.50 bits per heavy atom. The van der Waals surface area contributed by atoms with Gasteiger partial charge in [-0.3, -0.25) is 0 Å². The summed E-state index contributed by atoms with van der Waals surface area (Å²) in [5.74, 6) is 0.358. The Hall–Kier alpha value is -1.39. The molecular formula is C14H12BrFO2. The van der Waals surface area contributed by atoms with Crippen LogP contribution in [0, 0.1) is 5.82 Å². The topological polar surface area (TPSA) is 29.5 Å². The van der Waals surface area contributed by atoms with Gasteiger partial charge in [-0.1, -0.05) is 28.1 Å². The lowest BCUT2D eigenvalue weighted by molar-refractivity contribution is 0.280. The molecule has 0 aliphatic carbocycles. The third-order valence-electron chi connectivity index (χ3n) is 2.51. The molecule has 18 heavy (non-hydrogen) atoms. The van der Waals surface area contributed by atoms with Crippen molar-refractivity contribution in [3.8, 4) is 5.75 Å². The molecule has 0 aliphatic heterocycles. The number of benzene rings is 2. The van der Waals surface area contributed by atoms with Gasteiger partial charge >= 0.3 is 0 Å². The van der Waals surface area contributed by atoms with Crippen LogP contribution in [0.5, 0.6) is 5.75 Å². The van der Waals surface area contributed by atoms with E-state index < -0.39 is 0 Å². The van der Waals surface area contributed by atoms with E-state index in [1.165, 1.54) is 6.07 Å². The van der Waals surface area contributed by atoms with Crippen LogP contribution in [0.2, 0.25) is 0 Å². The number of hydrogen-bond donors (Lipinski definition) is 1. The summed E-state index contributed by atoms with van der Waals surface area (Å²) in [5, 5.41) is 8.91. The molecule has 0 saturated heterocycles.